The number of phosphoric acid groups is 1. The predicted molar refractivity (Wildman–Crippen MR) is 94.0 cm³/mol. The quantitative estimate of drug-likeness (QED) is 0.177. The molecule has 0 saturated carbocycles. The Kier molecular flexibility index (Phi) is 7.11. The summed E-state index contributed by atoms with van der Waals surface area (Å²) in [5.74, 6) is -2.54. The van der Waals surface area contributed by atoms with Crippen LogP contribution in [-0.2, 0) is 29.1 Å². The molecule has 1 aromatic rings. The first-order chi connectivity index (χ1) is 13.8. The Morgan fingerprint density at radius 2 is 2.03 bits per heavy atom. The van der Waals surface area contributed by atoms with E-state index in [1.165, 1.54) is 0 Å². The van der Waals surface area contributed by atoms with Crippen molar-refractivity contribution in [1.82, 2.24) is 9.55 Å². The highest BCUT2D eigenvalue weighted by Crippen LogP contribution is 2.46. The minimum absolute atomic E-state index is 0.424. The molecule has 0 unspecified atom stereocenters. The highest BCUT2D eigenvalue weighted by Gasteiger charge is 2.63. The van der Waals surface area contributed by atoms with Crippen LogP contribution in [-0.4, -0.2) is 77.4 Å². The molecule has 0 aliphatic carbocycles. The molecule has 0 aromatic carbocycles. The summed E-state index contributed by atoms with van der Waals surface area (Å²) in [6.07, 6.45) is -6.24. The third kappa shape index (κ3) is 4.74. The number of aromatic amines is 1. The zero-order valence-electron chi connectivity index (χ0n) is 15.2. The number of ketones is 1. The van der Waals surface area contributed by atoms with Crippen LogP contribution >= 0.6 is 7.82 Å². The third-order valence-electron chi connectivity index (χ3n) is 4.39. The molecule has 8 N–H and O–H groups in total. The smallest absolute Gasteiger partial charge is 0.470 e. The van der Waals surface area contributed by atoms with Crippen molar-refractivity contribution < 1.29 is 48.5 Å². The fraction of sp³-hybridized carbons (Fsp3) is 0.571. The molecular formula is C14H20N3O12P. The molecule has 1 aromatic heterocycles. The maximum Gasteiger partial charge on any atom is 0.470 e. The monoisotopic (exact) mass is 453 g/mol. The number of hydrogen-bond acceptors (Lipinski definition) is 10. The number of rotatable bonds is 9. The number of carbonyl (C=O) groups excluding carboxylic acids is 1. The van der Waals surface area contributed by atoms with Gasteiger partial charge in [0.25, 0.3) is 5.56 Å². The van der Waals surface area contributed by atoms with Crippen LogP contribution in [0.3, 0.4) is 0 Å². The molecule has 0 amide bonds. The fourth-order valence-electron chi connectivity index (χ4n) is 3.10. The minimum Gasteiger partial charge on any atom is -0.481 e. The maximum absolute atomic E-state index is 13.1. The number of Topliss-reactive ketones (excluding diaryl/α,β-unsaturated/α-hetero) is 1. The lowest BCUT2D eigenvalue weighted by Gasteiger charge is -2.34. The number of nitrogens with zero attached hydrogens (tertiary/aromatic N) is 1. The van der Waals surface area contributed by atoms with Gasteiger partial charge in [0.1, 0.15) is 18.3 Å². The summed E-state index contributed by atoms with van der Waals surface area (Å²) < 4.78 is 21.5. The molecular weight excluding hydrogens is 433 g/mol. The summed E-state index contributed by atoms with van der Waals surface area (Å²) in [7, 11) is -5.27. The Labute approximate surface area is 166 Å². The SMILES string of the molecule is N[C@@H](CCC(=O)O)C(=O)[C@@]1(n2ccc(=O)[nH]c2=O)O[C@H](CO)[C@@H](OP(=O)(O)O)[C@H]1O. The highest BCUT2D eigenvalue weighted by molar-refractivity contribution is 7.46. The van der Waals surface area contributed by atoms with Crippen molar-refractivity contribution in [2.24, 2.45) is 5.73 Å². The summed E-state index contributed by atoms with van der Waals surface area (Å²) in [5, 5.41) is 29.0. The average molecular weight is 453 g/mol. The van der Waals surface area contributed by atoms with Crippen LogP contribution in [0.5, 0.6) is 0 Å². The fourth-order valence-corrected chi connectivity index (χ4v) is 3.66. The molecule has 0 spiro atoms. The number of aliphatic carboxylic acids is 1. The van der Waals surface area contributed by atoms with Gasteiger partial charge < -0.3 is 35.6 Å². The van der Waals surface area contributed by atoms with Gasteiger partial charge in [-0.2, -0.15) is 0 Å². The topological polar surface area (TPSA) is 252 Å². The van der Waals surface area contributed by atoms with Gasteiger partial charge in [0.15, 0.2) is 0 Å². The van der Waals surface area contributed by atoms with Crippen molar-refractivity contribution in [2.75, 3.05) is 6.61 Å². The van der Waals surface area contributed by atoms with Crippen LogP contribution in [0.2, 0.25) is 0 Å². The second-order valence-electron chi connectivity index (χ2n) is 6.42. The molecule has 2 heterocycles. The van der Waals surface area contributed by atoms with Crippen LogP contribution in [0.25, 0.3) is 0 Å². The number of aromatic nitrogens is 2. The largest absolute Gasteiger partial charge is 0.481 e. The normalized spacial score (nSPS) is 27.7. The van der Waals surface area contributed by atoms with Crippen LogP contribution in [0.4, 0.5) is 0 Å². The van der Waals surface area contributed by atoms with Gasteiger partial charge in [-0.05, 0) is 6.42 Å². The van der Waals surface area contributed by atoms with Crippen molar-refractivity contribution in [2.45, 2.75) is 42.9 Å². The maximum atomic E-state index is 13.1. The molecule has 5 atom stereocenters. The Morgan fingerprint density at radius 3 is 2.53 bits per heavy atom. The number of carboxylic acid groups (broad SMARTS) is 1. The number of carboxylic acids is 1. The number of nitrogens with one attached hydrogen (secondary N) is 1. The molecule has 30 heavy (non-hydrogen) atoms. The summed E-state index contributed by atoms with van der Waals surface area (Å²) in [6.45, 7) is -1.00. The van der Waals surface area contributed by atoms with Crippen molar-refractivity contribution in [3.8, 4) is 0 Å². The van der Waals surface area contributed by atoms with Crippen molar-refractivity contribution in [3.63, 3.8) is 0 Å². The van der Waals surface area contributed by atoms with E-state index in [9.17, 15) is 34.0 Å². The minimum atomic E-state index is -5.27. The molecule has 1 saturated heterocycles. The van der Waals surface area contributed by atoms with E-state index in [-0.39, 0.29) is 0 Å². The van der Waals surface area contributed by atoms with Crippen molar-refractivity contribution >= 4 is 19.6 Å². The zero-order valence-corrected chi connectivity index (χ0v) is 16.0. The van der Waals surface area contributed by atoms with E-state index in [0.29, 0.717) is 4.57 Å². The molecule has 16 heteroatoms. The number of H-pyrrole nitrogens is 1. The summed E-state index contributed by atoms with van der Waals surface area (Å²) in [5.41, 5.74) is 0.809. The van der Waals surface area contributed by atoms with E-state index >= 15 is 0 Å². The highest BCUT2D eigenvalue weighted by atomic mass is 31.2. The van der Waals surface area contributed by atoms with E-state index in [0.717, 1.165) is 12.3 Å². The van der Waals surface area contributed by atoms with Crippen LogP contribution in [0, 0.1) is 0 Å². The van der Waals surface area contributed by atoms with Gasteiger partial charge in [-0.3, -0.25) is 28.5 Å². The Balaban J connectivity index is 2.63. The van der Waals surface area contributed by atoms with Crippen LogP contribution in [0.1, 0.15) is 12.8 Å². The van der Waals surface area contributed by atoms with E-state index in [4.69, 9.17) is 25.4 Å². The molecule has 168 valence electrons. The van der Waals surface area contributed by atoms with Gasteiger partial charge >= 0.3 is 19.5 Å². The lowest BCUT2D eigenvalue weighted by Crippen LogP contribution is -2.60. The van der Waals surface area contributed by atoms with Gasteiger partial charge in [-0.25, -0.2) is 9.36 Å². The molecule has 1 aliphatic rings. The van der Waals surface area contributed by atoms with Gasteiger partial charge in [0.2, 0.25) is 11.5 Å². The lowest BCUT2D eigenvalue weighted by molar-refractivity contribution is -0.177. The van der Waals surface area contributed by atoms with Crippen LogP contribution in [0.15, 0.2) is 21.9 Å². The van der Waals surface area contributed by atoms with Crippen molar-refractivity contribution in [3.05, 3.63) is 33.1 Å². The van der Waals surface area contributed by atoms with E-state index in [2.05, 4.69) is 4.52 Å². The Hall–Kier alpha value is -2.23. The van der Waals surface area contributed by atoms with E-state index in [1.807, 2.05) is 4.98 Å². The van der Waals surface area contributed by atoms with Gasteiger partial charge in [0.05, 0.1) is 12.6 Å². The summed E-state index contributed by atoms with van der Waals surface area (Å²) in [6, 6.07) is -0.830. The molecule has 2 rings (SSSR count). The van der Waals surface area contributed by atoms with E-state index < -0.39 is 80.4 Å². The molecule has 1 fully saturated rings. The summed E-state index contributed by atoms with van der Waals surface area (Å²) in [4.78, 5) is 67.6. The second-order valence-corrected chi connectivity index (χ2v) is 7.62. The zero-order chi connectivity index (χ0) is 22.9. The van der Waals surface area contributed by atoms with Gasteiger partial charge in [-0.1, -0.05) is 0 Å². The first-order valence-corrected chi connectivity index (χ1v) is 9.91. The molecule has 1 aliphatic heterocycles. The Bertz CT molecular complexity index is 969. The number of ether oxygens (including phenoxy) is 1. The second kappa shape index (κ2) is 8.87. The lowest BCUT2D eigenvalue weighted by atomic mass is 9.92. The standard InChI is InChI=1S/C14H20N3O12P/c15-6(1-2-9(20)21)11(22)14(17-4-3-8(19)16-13(17)24)12(23)10(7(5-18)28-14)29-30(25,26)27/h3-4,6-7,10,12,18,23H,1-2,5,15H2,(H,20,21)(H,16,19,24)(H2,25,26,27)/t6-,7+,10+,12+,14+/m0/s1. The number of phosphoric ester groups is 1. The summed E-state index contributed by atoms with van der Waals surface area (Å²) >= 11 is 0. The number of hydrogen-bond donors (Lipinski definition) is 7. The van der Waals surface area contributed by atoms with Crippen LogP contribution < -0.4 is 17.0 Å². The number of aliphatic hydroxyl groups excluding tert-OH is 2. The number of nitrogens with two attached hydrogens (primary N) is 1. The number of carbonyl (C=O) groups is 2. The number of aliphatic hydroxyl groups is 2. The van der Waals surface area contributed by atoms with Gasteiger partial charge in [0, 0.05) is 18.7 Å². The van der Waals surface area contributed by atoms with Gasteiger partial charge in [-0.15, -0.1) is 0 Å². The molecule has 0 radical (unpaired) electrons. The molecule has 0 bridgehead atoms. The molecule has 15 nitrogen and oxygen atoms in total. The van der Waals surface area contributed by atoms with E-state index in [1.54, 1.807) is 0 Å². The first-order valence-electron chi connectivity index (χ1n) is 8.38. The first kappa shape index (κ1) is 24.0. The predicted octanol–water partition coefficient (Wildman–Crippen LogP) is -3.82. The average Bonchev–Trinajstić information content (AvgIpc) is 2.90. The Morgan fingerprint density at radius 1 is 1.40 bits per heavy atom. The van der Waals surface area contributed by atoms with Crippen molar-refractivity contribution in [1.29, 1.82) is 0 Å². The third-order valence-corrected chi connectivity index (χ3v) is 4.91.